The standard InChI is InChI=1S/C9H12FNO2.ClH/c1-13-6-2-3-9(12)7(4-6)8(11)5-10;/h2-4,8,12H,5,11H2,1H3;1H/t8-;/m0./s1. The predicted molar refractivity (Wildman–Crippen MR) is 54.8 cm³/mol. The van der Waals surface area contributed by atoms with Gasteiger partial charge in [0.05, 0.1) is 13.2 Å². The van der Waals surface area contributed by atoms with E-state index in [1.807, 2.05) is 0 Å². The van der Waals surface area contributed by atoms with Gasteiger partial charge in [-0.3, -0.25) is 0 Å². The molecule has 5 heteroatoms. The van der Waals surface area contributed by atoms with Crippen LogP contribution >= 0.6 is 12.4 Å². The van der Waals surface area contributed by atoms with Crippen LogP contribution in [-0.2, 0) is 0 Å². The summed E-state index contributed by atoms with van der Waals surface area (Å²) in [4.78, 5) is 0. The fourth-order valence-corrected chi connectivity index (χ4v) is 1.04. The van der Waals surface area contributed by atoms with Gasteiger partial charge in [-0.15, -0.1) is 12.4 Å². The quantitative estimate of drug-likeness (QED) is 0.818. The number of alkyl halides is 1. The Hall–Kier alpha value is -1.00. The molecule has 1 atom stereocenters. The molecule has 0 fully saturated rings. The van der Waals surface area contributed by atoms with Crippen LogP contribution in [0.4, 0.5) is 4.39 Å². The van der Waals surface area contributed by atoms with Gasteiger partial charge in [0.15, 0.2) is 0 Å². The Morgan fingerprint density at radius 1 is 1.57 bits per heavy atom. The van der Waals surface area contributed by atoms with Crippen LogP contribution in [0.2, 0.25) is 0 Å². The number of halogens is 2. The van der Waals surface area contributed by atoms with Gasteiger partial charge in [0.2, 0.25) is 0 Å². The molecule has 80 valence electrons. The lowest BCUT2D eigenvalue weighted by Gasteiger charge is -2.10. The van der Waals surface area contributed by atoms with Crippen LogP contribution in [0.5, 0.6) is 11.5 Å². The van der Waals surface area contributed by atoms with Crippen LogP contribution in [0, 0.1) is 0 Å². The Balaban J connectivity index is 0.00000169. The van der Waals surface area contributed by atoms with Crippen molar-refractivity contribution in [2.45, 2.75) is 6.04 Å². The van der Waals surface area contributed by atoms with E-state index in [1.165, 1.54) is 19.2 Å². The fraction of sp³-hybridized carbons (Fsp3) is 0.333. The predicted octanol–water partition coefficient (Wildman–Crippen LogP) is 1.79. The maximum Gasteiger partial charge on any atom is 0.120 e. The van der Waals surface area contributed by atoms with Crippen molar-refractivity contribution in [2.75, 3.05) is 13.8 Å². The van der Waals surface area contributed by atoms with Gasteiger partial charge in [0, 0.05) is 5.56 Å². The van der Waals surface area contributed by atoms with Gasteiger partial charge in [-0.05, 0) is 18.2 Å². The number of rotatable bonds is 3. The molecule has 3 N–H and O–H groups in total. The smallest absolute Gasteiger partial charge is 0.120 e. The summed E-state index contributed by atoms with van der Waals surface area (Å²) < 4.78 is 17.1. The van der Waals surface area contributed by atoms with E-state index < -0.39 is 12.7 Å². The Morgan fingerprint density at radius 3 is 2.71 bits per heavy atom. The minimum atomic E-state index is -0.796. The van der Waals surface area contributed by atoms with Gasteiger partial charge < -0.3 is 15.6 Å². The van der Waals surface area contributed by atoms with Crippen molar-refractivity contribution >= 4 is 12.4 Å². The van der Waals surface area contributed by atoms with Gasteiger partial charge in [-0.1, -0.05) is 0 Å². The number of methoxy groups -OCH3 is 1. The topological polar surface area (TPSA) is 55.5 Å². The number of phenols is 1. The van der Waals surface area contributed by atoms with E-state index in [4.69, 9.17) is 10.5 Å². The third-order valence-corrected chi connectivity index (χ3v) is 1.80. The van der Waals surface area contributed by atoms with E-state index in [2.05, 4.69) is 0 Å². The van der Waals surface area contributed by atoms with Crippen LogP contribution < -0.4 is 10.5 Å². The zero-order valence-electron chi connectivity index (χ0n) is 7.74. The molecule has 0 bridgehead atoms. The number of aromatic hydroxyl groups is 1. The number of nitrogens with two attached hydrogens (primary N) is 1. The minimum Gasteiger partial charge on any atom is -0.508 e. The first-order valence-electron chi connectivity index (χ1n) is 3.87. The first-order valence-corrected chi connectivity index (χ1v) is 3.87. The number of phenolic OH excluding ortho intramolecular Hbond substituents is 1. The SMILES string of the molecule is COc1ccc(O)c([C@@H](N)CF)c1.Cl. The lowest BCUT2D eigenvalue weighted by Crippen LogP contribution is -2.12. The van der Waals surface area contributed by atoms with Crippen molar-refractivity contribution in [2.24, 2.45) is 5.73 Å². The van der Waals surface area contributed by atoms with Crippen LogP contribution in [-0.4, -0.2) is 18.9 Å². The highest BCUT2D eigenvalue weighted by atomic mass is 35.5. The lowest BCUT2D eigenvalue weighted by molar-refractivity contribution is 0.398. The molecule has 0 aromatic heterocycles. The molecule has 1 aromatic carbocycles. The Bertz CT molecular complexity index is 296. The molecule has 1 rings (SSSR count). The zero-order chi connectivity index (χ0) is 9.84. The molecule has 14 heavy (non-hydrogen) atoms. The van der Waals surface area contributed by atoms with Gasteiger partial charge in [0.25, 0.3) is 0 Å². The molecule has 3 nitrogen and oxygen atoms in total. The molecule has 0 radical (unpaired) electrons. The van der Waals surface area contributed by atoms with Crippen LogP contribution in [0.15, 0.2) is 18.2 Å². The summed E-state index contributed by atoms with van der Waals surface area (Å²) in [5.41, 5.74) is 5.79. The van der Waals surface area contributed by atoms with E-state index in [9.17, 15) is 9.50 Å². The third-order valence-electron chi connectivity index (χ3n) is 1.80. The molecular weight excluding hydrogens is 209 g/mol. The van der Waals surface area contributed by atoms with E-state index >= 15 is 0 Å². The average Bonchev–Trinajstić information content (AvgIpc) is 2.17. The highest BCUT2D eigenvalue weighted by Gasteiger charge is 2.11. The van der Waals surface area contributed by atoms with Crippen molar-refractivity contribution in [3.63, 3.8) is 0 Å². The van der Waals surface area contributed by atoms with Crippen molar-refractivity contribution in [3.8, 4) is 11.5 Å². The molecular formula is C9H13ClFNO2. The number of hydrogen-bond acceptors (Lipinski definition) is 3. The third kappa shape index (κ3) is 2.75. The summed E-state index contributed by atoms with van der Waals surface area (Å²) in [7, 11) is 1.50. The van der Waals surface area contributed by atoms with Crippen molar-refractivity contribution in [1.29, 1.82) is 0 Å². The summed E-state index contributed by atoms with van der Waals surface area (Å²) in [5, 5.41) is 9.33. The number of ether oxygens (including phenoxy) is 1. The van der Waals surface area contributed by atoms with Gasteiger partial charge in [0.1, 0.15) is 18.2 Å². The van der Waals surface area contributed by atoms with Gasteiger partial charge in [-0.25, -0.2) is 4.39 Å². The maximum absolute atomic E-state index is 12.2. The van der Waals surface area contributed by atoms with E-state index in [0.717, 1.165) is 0 Å². The molecule has 0 saturated carbocycles. The largest absolute Gasteiger partial charge is 0.508 e. The minimum absolute atomic E-state index is 0. The maximum atomic E-state index is 12.2. The van der Waals surface area contributed by atoms with Gasteiger partial charge >= 0.3 is 0 Å². The summed E-state index contributed by atoms with van der Waals surface area (Å²) in [6, 6.07) is 3.75. The second-order valence-corrected chi connectivity index (χ2v) is 2.69. The molecule has 0 aliphatic rings. The first kappa shape index (κ1) is 13.0. The van der Waals surface area contributed by atoms with Gasteiger partial charge in [-0.2, -0.15) is 0 Å². The van der Waals surface area contributed by atoms with E-state index in [-0.39, 0.29) is 18.2 Å². The summed E-state index contributed by atoms with van der Waals surface area (Å²) in [5.74, 6) is 0.544. The molecule has 0 amide bonds. The number of hydrogen-bond donors (Lipinski definition) is 2. The molecule has 0 spiro atoms. The van der Waals surface area contributed by atoms with E-state index in [1.54, 1.807) is 6.07 Å². The second kappa shape index (κ2) is 5.67. The molecule has 0 unspecified atom stereocenters. The van der Waals surface area contributed by atoms with Crippen LogP contribution in [0.1, 0.15) is 11.6 Å². The van der Waals surface area contributed by atoms with E-state index in [0.29, 0.717) is 11.3 Å². The Labute approximate surface area is 88.1 Å². The van der Waals surface area contributed by atoms with Crippen LogP contribution in [0.3, 0.4) is 0 Å². The Morgan fingerprint density at radius 2 is 2.21 bits per heavy atom. The fourth-order valence-electron chi connectivity index (χ4n) is 1.04. The summed E-state index contributed by atoms with van der Waals surface area (Å²) in [6.45, 7) is -0.708. The van der Waals surface area contributed by atoms with Crippen LogP contribution in [0.25, 0.3) is 0 Å². The normalized spacial score (nSPS) is 11.6. The monoisotopic (exact) mass is 221 g/mol. The second-order valence-electron chi connectivity index (χ2n) is 2.69. The molecule has 0 heterocycles. The number of benzene rings is 1. The highest BCUT2D eigenvalue weighted by molar-refractivity contribution is 5.85. The van der Waals surface area contributed by atoms with Crippen molar-refractivity contribution in [3.05, 3.63) is 23.8 Å². The zero-order valence-corrected chi connectivity index (χ0v) is 8.55. The molecule has 0 aliphatic carbocycles. The summed E-state index contributed by atoms with van der Waals surface area (Å²) >= 11 is 0. The van der Waals surface area contributed by atoms with Crippen molar-refractivity contribution in [1.82, 2.24) is 0 Å². The highest BCUT2D eigenvalue weighted by Crippen LogP contribution is 2.27. The lowest BCUT2D eigenvalue weighted by atomic mass is 10.1. The summed E-state index contributed by atoms with van der Waals surface area (Å²) in [6.07, 6.45) is 0. The first-order chi connectivity index (χ1) is 6.19. The molecule has 0 saturated heterocycles. The Kier molecular flexibility index (Phi) is 5.27. The average molecular weight is 222 g/mol. The molecule has 1 aromatic rings. The molecule has 0 aliphatic heterocycles. The van der Waals surface area contributed by atoms with Crippen molar-refractivity contribution < 1.29 is 14.2 Å².